The predicted octanol–water partition coefficient (Wildman–Crippen LogP) is 1.20. The lowest BCUT2D eigenvalue weighted by Crippen LogP contribution is -2.34. The molecular formula is C11H13FN2O3. The lowest BCUT2D eigenvalue weighted by molar-refractivity contribution is -0.117. The minimum absolute atomic E-state index is 0.182. The Balaban J connectivity index is 2.84. The van der Waals surface area contributed by atoms with Crippen LogP contribution in [0, 0.1) is 5.82 Å². The van der Waals surface area contributed by atoms with Crippen LogP contribution in [0.4, 0.5) is 10.1 Å². The van der Waals surface area contributed by atoms with Gasteiger partial charge in [-0.2, -0.15) is 0 Å². The van der Waals surface area contributed by atoms with Crippen LogP contribution in [-0.4, -0.2) is 23.0 Å². The second kappa shape index (κ2) is 5.40. The number of carbonyl (C=O) groups is 2. The van der Waals surface area contributed by atoms with Crippen molar-refractivity contribution in [2.75, 3.05) is 5.32 Å². The van der Waals surface area contributed by atoms with Gasteiger partial charge in [0.25, 0.3) is 0 Å². The summed E-state index contributed by atoms with van der Waals surface area (Å²) in [5.41, 5.74) is 5.22. The number of rotatable bonds is 4. The third-order valence-corrected chi connectivity index (χ3v) is 2.24. The highest BCUT2D eigenvalue weighted by Gasteiger charge is 2.14. The lowest BCUT2D eigenvalue weighted by Gasteiger charge is -2.10. The Kier molecular flexibility index (Phi) is 4.17. The molecule has 5 nitrogen and oxygen atoms in total. The molecule has 17 heavy (non-hydrogen) atoms. The average Bonchev–Trinajstić information content (AvgIpc) is 2.27. The van der Waals surface area contributed by atoms with Crippen molar-refractivity contribution in [1.82, 2.24) is 0 Å². The maximum Gasteiger partial charge on any atom is 0.338 e. The molecule has 0 unspecified atom stereocenters. The first-order valence-corrected chi connectivity index (χ1v) is 5.05. The number of benzene rings is 1. The maximum absolute atomic E-state index is 13.3. The van der Waals surface area contributed by atoms with Gasteiger partial charge in [0.2, 0.25) is 5.91 Å². The highest BCUT2D eigenvalue weighted by Crippen LogP contribution is 2.14. The Hall–Kier alpha value is -1.95. The molecule has 0 aliphatic rings. The molecule has 0 heterocycles. The molecule has 0 radical (unpaired) electrons. The van der Waals surface area contributed by atoms with Crippen molar-refractivity contribution in [3.8, 4) is 0 Å². The number of aromatic carboxylic acids is 1. The molecule has 0 fully saturated rings. The number of halogens is 1. The van der Waals surface area contributed by atoms with E-state index in [4.69, 9.17) is 10.8 Å². The molecule has 6 heteroatoms. The van der Waals surface area contributed by atoms with E-state index in [0.717, 1.165) is 12.1 Å². The average molecular weight is 240 g/mol. The number of hydrogen-bond donors (Lipinski definition) is 3. The number of carboxylic acids is 1. The molecule has 0 aromatic heterocycles. The number of carbonyl (C=O) groups excluding carboxylic acids is 1. The number of amides is 1. The highest BCUT2D eigenvalue weighted by molar-refractivity contribution is 5.95. The van der Waals surface area contributed by atoms with Crippen LogP contribution in [0.5, 0.6) is 0 Å². The van der Waals surface area contributed by atoms with Gasteiger partial charge in [0.05, 0.1) is 11.6 Å². The molecule has 0 saturated heterocycles. The van der Waals surface area contributed by atoms with Crippen LogP contribution in [0.1, 0.15) is 23.7 Å². The normalized spacial score (nSPS) is 11.9. The van der Waals surface area contributed by atoms with E-state index in [0.29, 0.717) is 6.42 Å². The van der Waals surface area contributed by atoms with Crippen LogP contribution in [0.25, 0.3) is 0 Å². The molecule has 4 N–H and O–H groups in total. The van der Waals surface area contributed by atoms with Crippen molar-refractivity contribution in [3.05, 3.63) is 29.6 Å². The van der Waals surface area contributed by atoms with Gasteiger partial charge >= 0.3 is 5.97 Å². The highest BCUT2D eigenvalue weighted by atomic mass is 19.1. The van der Waals surface area contributed by atoms with Crippen LogP contribution in [0.3, 0.4) is 0 Å². The fraction of sp³-hybridized carbons (Fsp3) is 0.273. The number of carboxylic acid groups (broad SMARTS) is 1. The molecule has 1 aromatic rings. The van der Waals surface area contributed by atoms with E-state index in [9.17, 15) is 14.0 Å². The monoisotopic (exact) mass is 240 g/mol. The van der Waals surface area contributed by atoms with E-state index in [1.165, 1.54) is 6.07 Å². The standard InChI is InChI=1S/C11H13FN2O3/c1-2-9(13)10(15)14-6-3-4-7(11(16)17)8(12)5-6/h3-5,9H,2,13H2,1H3,(H,14,15)(H,16,17)/t9-/m1/s1. The van der Waals surface area contributed by atoms with Gasteiger partial charge in [0.15, 0.2) is 0 Å². The third kappa shape index (κ3) is 3.25. The topological polar surface area (TPSA) is 92.4 Å². The van der Waals surface area contributed by atoms with Gasteiger partial charge in [-0.1, -0.05) is 6.92 Å². The van der Waals surface area contributed by atoms with E-state index < -0.39 is 29.3 Å². The van der Waals surface area contributed by atoms with Gasteiger partial charge in [-0.25, -0.2) is 9.18 Å². The Morgan fingerprint density at radius 3 is 2.65 bits per heavy atom. The maximum atomic E-state index is 13.3. The van der Waals surface area contributed by atoms with Crippen molar-refractivity contribution >= 4 is 17.6 Å². The van der Waals surface area contributed by atoms with Gasteiger partial charge in [-0.15, -0.1) is 0 Å². The molecule has 0 bridgehead atoms. The molecule has 0 aliphatic carbocycles. The predicted molar refractivity (Wildman–Crippen MR) is 60.3 cm³/mol. The molecule has 92 valence electrons. The lowest BCUT2D eigenvalue weighted by atomic mass is 10.1. The summed E-state index contributed by atoms with van der Waals surface area (Å²) in [6, 6.07) is 2.68. The Bertz CT molecular complexity index is 448. The first-order valence-electron chi connectivity index (χ1n) is 5.05. The summed E-state index contributed by atoms with van der Waals surface area (Å²) < 4.78 is 13.3. The second-order valence-electron chi connectivity index (χ2n) is 3.50. The summed E-state index contributed by atoms with van der Waals surface area (Å²) in [6.07, 6.45) is 0.460. The molecule has 1 amide bonds. The number of nitrogens with one attached hydrogen (secondary N) is 1. The van der Waals surface area contributed by atoms with Crippen molar-refractivity contribution in [2.45, 2.75) is 19.4 Å². The zero-order valence-corrected chi connectivity index (χ0v) is 9.24. The van der Waals surface area contributed by atoms with Crippen LogP contribution < -0.4 is 11.1 Å². The molecule has 1 aromatic carbocycles. The van der Waals surface area contributed by atoms with Gasteiger partial charge in [-0.3, -0.25) is 4.79 Å². The third-order valence-electron chi connectivity index (χ3n) is 2.24. The second-order valence-corrected chi connectivity index (χ2v) is 3.50. The zero-order valence-electron chi connectivity index (χ0n) is 9.24. The minimum Gasteiger partial charge on any atom is -0.478 e. The first-order chi connectivity index (χ1) is 7.95. The summed E-state index contributed by atoms with van der Waals surface area (Å²) >= 11 is 0. The summed E-state index contributed by atoms with van der Waals surface area (Å²) in [7, 11) is 0. The fourth-order valence-corrected chi connectivity index (χ4v) is 1.19. The van der Waals surface area contributed by atoms with Gasteiger partial charge in [-0.05, 0) is 24.6 Å². The number of anilines is 1. The smallest absolute Gasteiger partial charge is 0.338 e. The van der Waals surface area contributed by atoms with Crippen molar-refractivity contribution < 1.29 is 19.1 Å². The Labute approximate surface area is 97.4 Å². The molecule has 0 spiro atoms. The van der Waals surface area contributed by atoms with E-state index in [1.54, 1.807) is 6.92 Å². The van der Waals surface area contributed by atoms with E-state index >= 15 is 0 Å². The zero-order chi connectivity index (χ0) is 13.0. The first kappa shape index (κ1) is 13.1. The summed E-state index contributed by atoms with van der Waals surface area (Å²) in [6.45, 7) is 1.75. The van der Waals surface area contributed by atoms with Crippen molar-refractivity contribution in [1.29, 1.82) is 0 Å². The van der Waals surface area contributed by atoms with E-state index in [2.05, 4.69) is 5.32 Å². The van der Waals surface area contributed by atoms with E-state index in [1.807, 2.05) is 0 Å². The van der Waals surface area contributed by atoms with Crippen LogP contribution >= 0.6 is 0 Å². The van der Waals surface area contributed by atoms with Crippen molar-refractivity contribution in [3.63, 3.8) is 0 Å². The molecular weight excluding hydrogens is 227 g/mol. The van der Waals surface area contributed by atoms with Crippen molar-refractivity contribution in [2.24, 2.45) is 5.73 Å². The molecule has 1 atom stereocenters. The largest absolute Gasteiger partial charge is 0.478 e. The van der Waals surface area contributed by atoms with Crippen LogP contribution in [0.2, 0.25) is 0 Å². The summed E-state index contributed by atoms with van der Waals surface area (Å²) in [5, 5.41) is 11.0. The number of hydrogen-bond acceptors (Lipinski definition) is 3. The molecule has 0 aliphatic heterocycles. The molecule has 0 saturated carbocycles. The van der Waals surface area contributed by atoms with Crippen LogP contribution in [0.15, 0.2) is 18.2 Å². The Morgan fingerprint density at radius 2 is 2.18 bits per heavy atom. The SMILES string of the molecule is CC[C@@H](N)C(=O)Nc1ccc(C(=O)O)c(F)c1. The fourth-order valence-electron chi connectivity index (χ4n) is 1.19. The minimum atomic E-state index is -1.36. The number of nitrogens with two attached hydrogens (primary N) is 1. The summed E-state index contributed by atoms with van der Waals surface area (Å²) in [4.78, 5) is 22.0. The van der Waals surface area contributed by atoms with Gasteiger partial charge in [0.1, 0.15) is 5.82 Å². The van der Waals surface area contributed by atoms with Gasteiger partial charge in [0, 0.05) is 5.69 Å². The van der Waals surface area contributed by atoms with Crippen LogP contribution in [-0.2, 0) is 4.79 Å². The quantitative estimate of drug-likeness (QED) is 0.737. The summed E-state index contributed by atoms with van der Waals surface area (Å²) in [5.74, 6) is -2.69. The van der Waals surface area contributed by atoms with Gasteiger partial charge < -0.3 is 16.2 Å². The van der Waals surface area contributed by atoms with E-state index in [-0.39, 0.29) is 5.69 Å². The Morgan fingerprint density at radius 1 is 1.53 bits per heavy atom. The molecule has 1 rings (SSSR count).